The predicted octanol–water partition coefficient (Wildman–Crippen LogP) is 0.474. The van der Waals surface area contributed by atoms with E-state index in [2.05, 4.69) is 4.99 Å². The quantitative estimate of drug-likeness (QED) is 0.395. The second kappa shape index (κ2) is 4.77. The maximum Gasteiger partial charge on any atom is 0.109 e. The molecule has 0 aliphatic carbocycles. The molecule has 47 valence electrons. The predicted molar refractivity (Wildman–Crippen MR) is 39.4 cm³/mol. The van der Waals surface area contributed by atoms with Crippen molar-refractivity contribution in [2.24, 2.45) is 4.99 Å². The number of hydrogen-bond donors (Lipinski definition) is 0. The summed E-state index contributed by atoms with van der Waals surface area (Å²) in [6.45, 7) is 1.04. The minimum atomic E-state index is 0. The maximum atomic E-state index is 5.50. The van der Waals surface area contributed by atoms with Crippen LogP contribution in [0.1, 0.15) is 0 Å². The van der Waals surface area contributed by atoms with Gasteiger partial charge in [0.25, 0.3) is 0 Å². The zero-order valence-corrected chi connectivity index (χ0v) is 8.60. The zero-order valence-electron chi connectivity index (χ0n) is 5.09. The molecule has 0 atom stereocenters. The van der Waals surface area contributed by atoms with Crippen LogP contribution in [0.25, 0.3) is 0 Å². The molecular weight excluding hydrogens is 172 g/mol. The van der Waals surface area contributed by atoms with Gasteiger partial charge in [0.2, 0.25) is 0 Å². The van der Waals surface area contributed by atoms with Gasteiger partial charge in [-0.25, -0.2) is 0 Å². The summed E-state index contributed by atoms with van der Waals surface area (Å²) in [5, 5.41) is 0. The smallest absolute Gasteiger partial charge is 0.109 e. The third-order valence-electron chi connectivity index (χ3n) is 0.731. The number of aliphatic imine (C=N–C) groups is 1. The Bertz CT molecular complexity index is 109. The second-order valence-electron chi connectivity index (χ2n) is 1.44. The molecule has 0 spiro atoms. The molecule has 0 saturated heterocycles. The first-order chi connectivity index (χ1) is 3.79. The van der Waals surface area contributed by atoms with Crippen LogP contribution in [0.3, 0.4) is 0 Å². The van der Waals surface area contributed by atoms with Gasteiger partial charge in [-0.2, -0.15) is 4.42 Å². The molecule has 1 rings (SSSR count). The van der Waals surface area contributed by atoms with Gasteiger partial charge in [0.05, 0.1) is 0 Å². The van der Waals surface area contributed by atoms with E-state index in [4.69, 9.17) is 23.6 Å². The Morgan fingerprint density at radius 1 is 1.44 bits per heavy atom. The summed E-state index contributed by atoms with van der Waals surface area (Å²) in [6, 6.07) is 0. The monoisotopic (exact) mass is 176 g/mol. The Kier molecular flexibility index (Phi) is 5.30. The Morgan fingerprint density at radius 2 is 2.11 bits per heavy atom. The third kappa shape index (κ3) is 3.65. The Balaban J connectivity index is 0.000000640. The summed E-state index contributed by atoms with van der Waals surface area (Å²) in [5.74, 6) is 0. The van der Waals surface area contributed by atoms with Crippen molar-refractivity contribution in [2.75, 3.05) is 13.3 Å². The van der Waals surface area contributed by atoms with Crippen molar-refractivity contribution in [3.8, 4) is 0 Å². The van der Waals surface area contributed by atoms with Gasteiger partial charge in [-0.05, 0) is 11.8 Å². The molecule has 0 unspecified atom stereocenters. The third-order valence-corrected chi connectivity index (χ3v) is 1.14. The topological polar surface area (TPSA) is 18.8 Å². The molecule has 0 aromatic carbocycles. The van der Waals surface area contributed by atoms with Crippen molar-refractivity contribution in [1.29, 1.82) is 0 Å². The van der Waals surface area contributed by atoms with Crippen LogP contribution in [0.15, 0.2) is 4.99 Å². The number of halogens is 2. The van der Waals surface area contributed by atoms with E-state index in [-0.39, 0.29) is 29.6 Å². The minimum absolute atomic E-state index is 0. The molecule has 1 aliphatic rings. The van der Waals surface area contributed by atoms with Gasteiger partial charge >= 0.3 is 0 Å². The normalized spacial score (nSPS) is 19.6. The molecule has 0 saturated carbocycles. The van der Waals surface area contributed by atoms with Gasteiger partial charge < -0.3 is 0 Å². The molecule has 0 fully saturated rings. The van der Waals surface area contributed by atoms with Crippen molar-refractivity contribution < 1.29 is 0 Å². The van der Waals surface area contributed by atoms with Gasteiger partial charge in [0.15, 0.2) is 0 Å². The van der Waals surface area contributed by atoms with Crippen LogP contribution in [0.4, 0.5) is 0 Å². The SMILES string of the molecule is ClN1C=NCN(Cl)C1.[Na]. The number of rotatable bonds is 0. The standard InChI is InChI=1S/C3H5Cl2N3.Na/c4-7-1-6-2-8(5)3-7;/h1H,2-3H2;. The molecule has 6 heteroatoms. The molecule has 3 nitrogen and oxygen atoms in total. The van der Waals surface area contributed by atoms with Crippen molar-refractivity contribution in [1.82, 2.24) is 8.84 Å². The molecule has 1 radical (unpaired) electrons. The van der Waals surface area contributed by atoms with Crippen LogP contribution in [0, 0.1) is 0 Å². The fourth-order valence-corrected chi connectivity index (χ4v) is 0.864. The fraction of sp³-hybridized carbons (Fsp3) is 0.667. The molecular formula is C3H5Cl2N3Na. The Hall–Kier alpha value is 1.01. The minimum Gasteiger partial charge on any atom is -0.260 e. The molecule has 0 amide bonds. The van der Waals surface area contributed by atoms with E-state index in [1.165, 1.54) is 8.84 Å². The van der Waals surface area contributed by atoms with Crippen LogP contribution in [0.2, 0.25) is 0 Å². The van der Waals surface area contributed by atoms with Crippen LogP contribution in [-0.4, -0.2) is 58.1 Å². The molecule has 0 bridgehead atoms. The van der Waals surface area contributed by atoms with Crippen molar-refractivity contribution in [3.63, 3.8) is 0 Å². The molecule has 0 aromatic rings. The van der Waals surface area contributed by atoms with E-state index < -0.39 is 0 Å². The van der Waals surface area contributed by atoms with Gasteiger partial charge in [0.1, 0.15) is 19.7 Å². The van der Waals surface area contributed by atoms with Crippen molar-refractivity contribution >= 4 is 59.4 Å². The Labute approximate surface area is 86.1 Å². The van der Waals surface area contributed by atoms with Crippen LogP contribution in [-0.2, 0) is 0 Å². The number of hydrogen-bond acceptors (Lipinski definition) is 3. The largest absolute Gasteiger partial charge is 0.260 e. The summed E-state index contributed by atoms with van der Waals surface area (Å²) in [5.41, 5.74) is 0. The summed E-state index contributed by atoms with van der Waals surface area (Å²) < 4.78 is 2.86. The van der Waals surface area contributed by atoms with Crippen LogP contribution >= 0.6 is 23.6 Å². The van der Waals surface area contributed by atoms with E-state index >= 15 is 0 Å². The van der Waals surface area contributed by atoms with Gasteiger partial charge in [-0.3, -0.25) is 9.41 Å². The van der Waals surface area contributed by atoms with E-state index in [9.17, 15) is 0 Å². The van der Waals surface area contributed by atoms with Crippen LogP contribution in [0.5, 0.6) is 0 Å². The molecule has 0 aromatic heterocycles. The number of nitrogens with zero attached hydrogens (tertiary/aromatic N) is 3. The summed E-state index contributed by atoms with van der Waals surface area (Å²) in [7, 11) is 0. The summed E-state index contributed by atoms with van der Waals surface area (Å²) in [6.07, 6.45) is 1.54. The van der Waals surface area contributed by atoms with Gasteiger partial charge in [-0.15, -0.1) is 0 Å². The molecule has 1 heterocycles. The van der Waals surface area contributed by atoms with Crippen LogP contribution < -0.4 is 0 Å². The molecule has 9 heavy (non-hydrogen) atoms. The summed E-state index contributed by atoms with van der Waals surface area (Å²) >= 11 is 11.0. The second-order valence-corrected chi connectivity index (χ2v) is 2.36. The average molecular weight is 177 g/mol. The first kappa shape index (κ1) is 10.0. The van der Waals surface area contributed by atoms with Gasteiger partial charge in [-0.1, -0.05) is 0 Å². The zero-order chi connectivity index (χ0) is 5.98. The van der Waals surface area contributed by atoms with E-state index in [0.717, 1.165) is 0 Å². The van der Waals surface area contributed by atoms with Crippen molar-refractivity contribution in [2.45, 2.75) is 0 Å². The molecule has 1 aliphatic heterocycles. The van der Waals surface area contributed by atoms with Gasteiger partial charge in [0, 0.05) is 41.3 Å². The average Bonchev–Trinajstić information content (AvgIpc) is 1.64. The van der Waals surface area contributed by atoms with E-state index in [1.54, 1.807) is 6.34 Å². The summed E-state index contributed by atoms with van der Waals surface area (Å²) in [4.78, 5) is 3.80. The fourth-order valence-electron chi connectivity index (χ4n) is 0.442. The first-order valence-corrected chi connectivity index (χ1v) is 2.80. The van der Waals surface area contributed by atoms with E-state index in [1.807, 2.05) is 0 Å². The molecule has 0 N–H and O–H groups in total. The Morgan fingerprint density at radius 3 is 2.44 bits per heavy atom. The maximum absolute atomic E-state index is 5.50. The first-order valence-electron chi connectivity index (χ1n) is 2.12. The van der Waals surface area contributed by atoms with Crippen molar-refractivity contribution in [3.05, 3.63) is 0 Å². The van der Waals surface area contributed by atoms with E-state index in [0.29, 0.717) is 13.3 Å².